The summed E-state index contributed by atoms with van der Waals surface area (Å²) in [5.41, 5.74) is 0.461. The Hall–Kier alpha value is -3.16. The van der Waals surface area contributed by atoms with E-state index in [1.807, 2.05) is 0 Å². The highest BCUT2D eigenvalue weighted by Crippen LogP contribution is 2.20. The SMILES string of the molecule is O=C(NCC(=O)N1CCCC1)Nc1ccc(Oc2ccc(F)cc2)nc1. The van der Waals surface area contributed by atoms with Crippen LogP contribution in [0, 0.1) is 5.82 Å². The van der Waals surface area contributed by atoms with Gasteiger partial charge in [-0.05, 0) is 43.2 Å². The Morgan fingerprint density at radius 2 is 1.85 bits per heavy atom. The number of halogens is 1. The number of urea groups is 1. The average molecular weight is 358 g/mol. The maximum atomic E-state index is 12.9. The number of nitrogens with zero attached hydrogens (tertiary/aromatic N) is 2. The lowest BCUT2D eigenvalue weighted by Crippen LogP contribution is -2.40. The van der Waals surface area contributed by atoms with Crippen LogP contribution >= 0.6 is 0 Å². The number of nitrogens with one attached hydrogen (secondary N) is 2. The summed E-state index contributed by atoms with van der Waals surface area (Å²) in [5, 5.41) is 5.13. The number of aromatic nitrogens is 1. The van der Waals surface area contributed by atoms with Crippen molar-refractivity contribution in [3.63, 3.8) is 0 Å². The predicted molar refractivity (Wildman–Crippen MR) is 93.5 cm³/mol. The van der Waals surface area contributed by atoms with Crippen LogP contribution in [-0.2, 0) is 4.79 Å². The normalized spacial score (nSPS) is 13.3. The molecule has 0 aliphatic carbocycles. The number of amides is 3. The lowest BCUT2D eigenvalue weighted by Gasteiger charge is -2.15. The van der Waals surface area contributed by atoms with E-state index >= 15 is 0 Å². The molecule has 0 saturated carbocycles. The zero-order valence-corrected chi connectivity index (χ0v) is 14.1. The summed E-state index contributed by atoms with van der Waals surface area (Å²) in [4.78, 5) is 29.5. The topological polar surface area (TPSA) is 83.6 Å². The molecule has 1 aromatic heterocycles. The van der Waals surface area contributed by atoms with E-state index in [2.05, 4.69) is 15.6 Å². The van der Waals surface area contributed by atoms with Gasteiger partial charge in [0.2, 0.25) is 11.8 Å². The number of carbonyl (C=O) groups is 2. The Bertz CT molecular complexity index is 759. The summed E-state index contributed by atoms with van der Waals surface area (Å²) in [7, 11) is 0. The van der Waals surface area contributed by atoms with Gasteiger partial charge < -0.3 is 20.3 Å². The molecule has 2 aromatic rings. The van der Waals surface area contributed by atoms with Crippen molar-refractivity contribution in [2.75, 3.05) is 25.0 Å². The molecule has 26 heavy (non-hydrogen) atoms. The minimum Gasteiger partial charge on any atom is -0.439 e. The maximum Gasteiger partial charge on any atom is 0.319 e. The van der Waals surface area contributed by atoms with Gasteiger partial charge in [-0.25, -0.2) is 14.2 Å². The third kappa shape index (κ3) is 4.92. The summed E-state index contributed by atoms with van der Waals surface area (Å²) < 4.78 is 18.3. The van der Waals surface area contributed by atoms with Gasteiger partial charge in [-0.2, -0.15) is 0 Å². The highest BCUT2D eigenvalue weighted by atomic mass is 19.1. The summed E-state index contributed by atoms with van der Waals surface area (Å²) >= 11 is 0. The van der Waals surface area contributed by atoms with Crippen molar-refractivity contribution < 1.29 is 18.7 Å². The summed E-state index contributed by atoms with van der Waals surface area (Å²) in [5.74, 6) is 0.336. The lowest BCUT2D eigenvalue weighted by atomic mass is 10.3. The molecule has 1 fully saturated rings. The van der Waals surface area contributed by atoms with Crippen molar-refractivity contribution in [2.45, 2.75) is 12.8 Å². The molecular formula is C18H19FN4O3. The monoisotopic (exact) mass is 358 g/mol. The molecule has 0 bridgehead atoms. The zero-order valence-electron chi connectivity index (χ0n) is 14.1. The Morgan fingerprint density at radius 1 is 1.12 bits per heavy atom. The molecule has 0 radical (unpaired) electrons. The van der Waals surface area contributed by atoms with E-state index in [0.717, 1.165) is 25.9 Å². The van der Waals surface area contributed by atoms with Gasteiger partial charge in [-0.15, -0.1) is 0 Å². The van der Waals surface area contributed by atoms with E-state index in [9.17, 15) is 14.0 Å². The van der Waals surface area contributed by atoms with E-state index in [1.54, 1.807) is 17.0 Å². The molecule has 7 nitrogen and oxygen atoms in total. The van der Waals surface area contributed by atoms with Gasteiger partial charge in [-0.3, -0.25) is 4.79 Å². The zero-order chi connectivity index (χ0) is 18.4. The summed E-state index contributed by atoms with van der Waals surface area (Å²) in [6, 6.07) is 8.29. The van der Waals surface area contributed by atoms with Crippen LogP contribution in [0.15, 0.2) is 42.6 Å². The van der Waals surface area contributed by atoms with Gasteiger partial charge in [-0.1, -0.05) is 0 Å². The fourth-order valence-electron chi connectivity index (χ4n) is 2.55. The van der Waals surface area contributed by atoms with Crippen LogP contribution in [0.4, 0.5) is 14.9 Å². The Balaban J connectivity index is 1.46. The molecular weight excluding hydrogens is 339 g/mol. The second-order valence-electron chi connectivity index (χ2n) is 5.84. The van der Waals surface area contributed by atoms with Gasteiger partial charge in [0, 0.05) is 19.2 Å². The molecule has 1 saturated heterocycles. The van der Waals surface area contributed by atoms with E-state index in [1.165, 1.54) is 30.5 Å². The Labute approximate surface area is 150 Å². The molecule has 0 spiro atoms. The molecule has 0 atom stereocenters. The van der Waals surface area contributed by atoms with E-state index < -0.39 is 6.03 Å². The smallest absolute Gasteiger partial charge is 0.319 e. The van der Waals surface area contributed by atoms with E-state index in [4.69, 9.17) is 4.74 Å². The first kappa shape index (κ1) is 17.7. The summed E-state index contributed by atoms with van der Waals surface area (Å²) in [6.07, 6.45) is 3.45. The Morgan fingerprint density at radius 3 is 2.50 bits per heavy atom. The van der Waals surface area contributed by atoms with Gasteiger partial charge in [0.05, 0.1) is 18.4 Å². The van der Waals surface area contributed by atoms with Crippen LogP contribution in [0.3, 0.4) is 0 Å². The second-order valence-corrected chi connectivity index (χ2v) is 5.84. The number of pyridine rings is 1. The fraction of sp³-hybridized carbons (Fsp3) is 0.278. The number of ether oxygens (including phenoxy) is 1. The quantitative estimate of drug-likeness (QED) is 0.861. The first-order chi connectivity index (χ1) is 12.6. The summed E-state index contributed by atoms with van der Waals surface area (Å²) in [6.45, 7) is 1.47. The molecule has 136 valence electrons. The molecule has 1 aliphatic rings. The molecule has 1 aromatic carbocycles. The first-order valence-electron chi connectivity index (χ1n) is 8.32. The maximum absolute atomic E-state index is 12.9. The van der Waals surface area contributed by atoms with E-state index in [-0.39, 0.29) is 18.3 Å². The number of hydrogen-bond donors (Lipinski definition) is 2. The van der Waals surface area contributed by atoms with Crippen LogP contribution in [0.1, 0.15) is 12.8 Å². The van der Waals surface area contributed by atoms with Gasteiger partial charge in [0.15, 0.2) is 0 Å². The van der Waals surface area contributed by atoms with Crippen molar-refractivity contribution >= 4 is 17.6 Å². The van der Waals surface area contributed by atoms with Crippen molar-refractivity contribution in [1.82, 2.24) is 15.2 Å². The van der Waals surface area contributed by atoms with Crippen molar-refractivity contribution in [3.05, 3.63) is 48.4 Å². The van der Waals surface area contributed by atoms with Crippen LogP contribution in [0.25, 0.3) is 0 Å². The molecule has 0 unspecified atom stereocenters. The largest absolute Gasteiger partial charge is 0.439 e. The molecule has 2 heterocycles. The third-order valence-corrected chi connectivity index (χ3v) is 3.89. The lowest BCUT2D eigenvalue weighted by molar-refractivity contribution is -0.128. The predicted octanol–water partition coefficient (Wildman–Crippen LogP) is 2.76. The highest BCUT2D eigenvalue weighted by molar-refractivity contribution is 5.92. The van der Waals surface area contributed by atoms with Gasteiger partial charge >= 0.3 is 6.03 Å². The molecule has 8 heteroatoms. The number of benzene rings is 1. The van der Waals surface area contributed by atoms with Crippen LogP contribution < -0.4 is 15.4 Å². The molecule has 3 rings (SSSR count). The number of carbonyl (C=O) groups excluding carboxylic acids is 2. The average Bonchev–Trinajstić information content (AvgIpc) is 3.18. The molecule has 3 amide bonds. The standard InChI is InChI=1S/C18H19FN4O3/c19-13-3-6-15(7-4-13)26-16-8-5-14(11-20-16)22-18(25)21-12-17(24)23-9-1-2-10-23/h3-8,11H,1-2,9-10,12H2,(H2,21,22,25). The third-order valence-electron chi connectivity index (χ3n) is 3.89. The van der Waals surface area contributed by atoms with Crippen LogP contribution in [0.5, 0.6) is 11.6 Å². The van der Waals surface area contributed by atoms with Crippen LogP contribution in [-0.4, -0.2) is 41.5 Å². The van der Waals surface area contributed by atoms with Crippen LogP contribution in [0.2, 0.25) is 0 Å². The van der Waals surface area contributed by atoms with Gasteiger partial charge in [0.25, 0.3) is 0 Å². The Kier molecular flexibility index (Phi) is 5.62. The number of anilines is 1. The van der Waals surface area contributed by atoms with E-state index in [0.29, 0.717) is 17.3 Å². The molecule has 1 aliphatic heterocycles. The van der Waals surface area contributed by atoms with Crippen molar-refractivity contribution in [2.24, 2.45) is 0 Å². The first-order valence-corrected chi connectivity index (χ1v) is 8.32. The van der Waals surface area contributed by atoms with Gasteiger partial charge in [0.1, 0.15) is 11.6 Å². The number of likely N-dealkylation sites (tertiary alicyclic amines) is 1. The van der Waals surface area contributed by atoms with Crippen molar-refractivity contribution in [1.29, 1.82) is 0 Å². The number of rotatable bonds is 5. The minimum atomic E-state index is -0.480. The second kappa shape index (κ2) is 8.28. The minimum absolute atomic E-state index is 0.0367. The highest BCUT2D eigenvalue weighted by Gasteiger charge is 2.18. The number of hydrogen-bond acceptors (Lipinski definition) is 4. The van der Waals surface area contributed by atoms with Crippen molar-refractivity contribution in [3.8, 4) is 11.6 Å². The molecule has 2 N–H and O–H groups in total. The fourth-order valence-corrected chi connectivity index (χ4v) is 2.55.